The molecule has 82 heavy (non-hydrogen) atoms. The lowest BCUT2D eigenvalue weighted by molar-refractivity contribution is 0.490. The van der Waals surface area contributed by atoms with E-state index in [-0.39, 0.29) is 38.3 Å². The quantitative estimate of drug-likeness (QED) is 0.0195. The first-order valence-electron chi connectivity index (χ1n) is 28.8. The Morgan fingerprint density at radius 3 is 1.38 bits per heavy atom. The smallest absolute Gasteiger partial charge is 0.205 e. The van der Waals surface area contributed by atoms with Crippen molar-refractivity contribution < 1.29 is 17.6 Å². The largest absolute Gasteiger partial charge is 0.353 e. The standard InChI is InChI=1S/C17H21FN4.C16H19FN4.C15H19FN4.C14H17FN4/c18-7-8-20-17(21-11-19)22-16-6-5-14-9-12-3-1-2-4-13(12)10-15(14)16;17-8-9-19-16(20-10-18)21-15-7-6-13-12-3-1-2-11(12)4-5-14(13)15;16-7-8-18-15(20-11-17)19-10-12-5-6-13-3-1-2-4-14(13)9-12;15-6-7-17-14(19-10-16)18-9-11-4-5-12-2-1-3-13(12)8-11/h9-10,16H,1-8H2,(H2,20,21,22);4-5,15H,1-3,6-9H2,(H2,19,20,21);5-6,9H,1-4,7-8,10H2,(H2,18,19,20);4-5,8H,1-3,6-7,9H2,(H2,17,18,19). The second kappa shape index (κ2) is 33.4. The summed E-state index contributed by atoms with van der Waals surface area (Å²) >= 11 is 0. The average Bonchev–Trinajstić information content (AvgIpc) is 4.55. The summed E-state index contributed by atoms with van der Waals surface area (Å²) in [5.74, 6) is 1.38. The Morgan fingerprint density at radius 2 is 0.841 bits per heavy atom. The van der Waals surface area contributed by atoms with Crippen LogP contribution >= 0.6 is 0 Å². The minimum atomic E-state index is -0.521. The number of halogens is 4. The Bertz CT molecular complexity index is 3060. The van der Waals surface area contributed by atoms with Gasteiger partial charge in [0.05, 0.1) is 38.3 Å². The van der Waals surface area contributed by atoms with E-state index < -0.39 is 26.7 Å². The van der Waals surface area contributed by atoms with Crippen molar-refractivity contribution in [2.75, 3.05) is 52.9 Å². The number of alkyl halides is 4. The third kappa shape index (κ3) is 18.1. The Hall–Kier alpha value is -8.36. The normalized spacial score (nSPS) is 17.1. The van der Waals surface area contributed by atoms with Crippen LogP contribution in [0.4, 0.5) is 17.6 Å². The molecule has 2 unspecified atom stereocenters. The first-order chi connectivity index (χ1) is 40.3. The average molecular weight is 1120 g/mol. The molecule has 432 valence electrons. The summed E-state index contributed by atoms with van der Waals surface area (Å²) in [6.07, 6.45) is 28.3. The van der Waals surface area contributed by atoms with Crippen LogP contribution in [-0.2, 0) is 77.3 Å². The van der Waals surface area contributed by atoms with Crippen molar-refractivity contribution in [3.05, 3.63) is 139 Å². The zero-order chi connectivity index (χ0) is 57.7. The number of guanidine groups is 4. The summed E-state index contributed by atoms with van der Waals surface area (Å²) in [6, 6.07) is 22.3. The molecule has 20 heteroatoms. The van der Waals surface area contributed by atoms with E-state index in [0.717, 1.165) is 68.9 Å². The number of benzene rings is 4. The molecule has 0 heterocycles. The second-order valence-corrected chi connectivity index (χ2v) is 20.7. The van der Waals surface area contributed by atoms with Crippen LogP contribution in [0, 0.1) is 45.8 Å². The monoisotopic (exact) mass is 1120 g/mol. The fourth-order valence-electron chi connectivity index (χ4n) is 11.6. The van der Waals surface area contributed by atoms with Crippen molar-refractivity contribution in [1.82, 2.24) is 42.5 Å². The summed E-state index contributed by atoms with van der Waals surface area (Å²) in [5.41, 5.74) is 19.4. The van der Waals surface area contributed by atoms with E-state index in [1.165, 1.54) is 125 Å². The highest BCUT2D eigenvalue weighted by molar-refractivity contribution is 5.83. The number of aryl methyl sites for hydroxylation is 8. The fraction of sp³-hybridized carbons (Fsp3) is 0.484. The van der Waals surface area contributed by atoms with Crippen LogP contribution < -0.4 is 42.5 Å². The predicted molar refractivity (Wildman–Crippen MR) is 313 cm³/mol. The maximum Gasteiger partial charge on any atom is 0.205 e. The van der Waals surface area contributed by atoms with Crippen LogP contribution in [0.2, 0.25) is 0 Å². The minimum Gasteiger partial charge on any atom is -0.353 e. The van der Waals surface area contributed by atoms with Crippen LogP contribution in [0.25, 0.3) is 0 Å². The first kappa shape index (κ1) is 61.3. The number of hydrogen-bond acceptors (Lipinski definition) is 8. The van der Waals surface area contributed by atoms with Gasteiger partial charge >= 0.3 is 0 Å². The molecule has 8 N–H and O–H groups in total. The van der Waals surface area contributed by atoms with Crippen LogP contribution in [0.15, 0.2) is 80.6 Å². The Labute approximate surface area is 480 Å². The molecule has 0 saturated carbocycles. The van der Waals surface area contributed by atoms with Crippen LogP contribution in [0.3, 0.4) is 0 Å². The van der Waals surface area contributed by atoms with E-state index in [2.05, 4.69) is 123 Å². The maximum atomic E-state index is 12.3. The number of aliphatic imine (C=N–C) groups is 4. The second-order valence-electron chi connectivity index (χ2n) is 20.7. The van der Waals surface area contributed by atoms with Gasteiger partial charge in [-0.15, -0.1) is 0 Å². The maximum absolute atomic E-state index is 12.3. The van der Waals surface area contributed by atoms with Gasteiger partial charge in [-0.25, -0.2) is 37.5 Å². The summed E-state index contributed by atoms with van der Waals surface area (Å²) in [4.78, 5) is 16.6. The van der Waals surface area contributed by atoms with Crippen molar-refractivity contribution in [1.29, 1.82) is 21.0 Å². The molecule has 0 fully saturated rings. The molecule has 2 atom stereocenters. The van der Waals surface area contributed by atoms with E-state index >= 15 is 0 Å². The Balaban J connectivity index is 0.000000158. The molecule has 0 saturated heterocycles. The van der Waals surface area contributed by atoms with Gasteiger partial charge in [-0.2, -0.15) is 21.0 Å². The van der Waals surface area contributed by atoms with Gasteiger partial charge in [0.25, 0.3) is 0 Å². The number of nitrogens with one attached hydrogen (secondary N) is 8. The summed E-state index contributed by atoms with van der Waals surface area (Å²) in [5, 5.41) is 56.6. The van der Waals surface area contributed by atoms with E-state index in [1.54, 1.807) is 12.4 Å². The van der Waals surface area contributed by atoms with Gasteiger partial charge in [-0.1, -0.05) is 60.7 Å². The van der Waals surface area contributed by atoms with Crippen molar-refractivity contribution in [3.63, 3.8) is 0 Å². The van der Waals surface area contributed by atoms with Crippen LogP contribution in [0.1, 0.15) is 141 Å². The zero-order valence-electron chi connectivity index (χ0n) is 46.8. The Kier molecular flexibility index (Phi) is 25.0. The molecule has 0 amide bonds. The minimum absolute atomic E-state index is 0.0702. The van der Waals surface area contributed by atoms with Gasteiger partial charge in [-0.3, -0.25) is 21.3 Å². The van der Waals surface area contributed by atoms with Crippen molar-refractivity contribution in [2.24, 2.45) is 20.0 Å². The molecule has 0 radical (unpaired) electrons. The van der Waals surface area contributed by atoms with E-state index in [1.807, 2.05) is 12.4 Å². The summed E-state index contributed by atoms with van der Waals surface area (Å²) in [7, 11) is 0. The topological polar surface area (TPSA) is 241 Å². The van der Waals surface area contributed by atoms with Gasteiger partial charge in [0, 0.05) is 13.1 Å². The number of fused-ring (bicyclic) bond motifs is 7. The molecule has 4 aromatic rings. The number of nitriles is 4. The van der Waals surface area contributed by atoms with Gasteiger partial charge in [0.1, 0.15) is 26.7 Å². The van der Waals surface area contributed by atoms with E-state index in [4.69, 9.17) is 21.0 Å². The summed E-state index contributed by atoms with van der Waals surface area (Å²) < 4.78 is 48.7. The fourth-order valence-corrected chi connectivity index (χ4v) is 11.6. The van der Waals surface area contributed by atoms with Gasteiger partial charge < -0.3 is 21.3 Å². The van der Waals surface area contributed by atoms with E-state index in [0.29, 0.717) is 36.9 Å². The molecule has 0 spiro atoms. The molecule has 0 aromatic heterocycles. The van der Waals surface area contributed by atoms with Gasteiger partial charge in [0.2, 0.25) is 23.8 Å². The lowest BCUT2D eigenvalue weighted by atomic mass is 9.88. The molecule has 6 aliphatic carbocycles. The van der Waals surface area contributed by atoms with Crippen molar-refractivity contribution >= 4 is 23.8 Å². The zero-order valence-corrected chi connectivity index (χ0v) is 46.8. The number of hydrogen-bond donors (Lipinski definition) is 8. The lowest BCUT2D eigenvalue weighted by Crippen LogP contribution is -2.37. The van der Waals surface area contributed by atoms with Gasteiger partial charge in [-0.05, 0) is 193 Å². The molecule has 0 aliphatic heterocycles. The molecule has 6 aliphatic rings. The molecule has 4 aromatic carbocycles. The van der Waals surface area contributed by atoms with Crippen molar-refractivity contribution in [3.8, 4) is 24.8 Å². The SMILES string of the molecule is N#CNC(=NCCF)NC1CCc2c1ccc1c2CCC1.N#CNC(=NCCF)NC1CCc2cc3c(cc21)CCCC3.N#CNC(=NCc1ccc2c(c1)CCC2)NCCF.N#CNC(=NCc1ccc2c(c1)CCCC2)NCCF. The Morgan fingerprint density at radius 1 is 0.402 bits per heavy atom. The highest BCUT2D eigenvalue weighted by Gasteiger charge is 2.29. The third-order valence-corrected chi connectivity index (χ3v) is 15.4. The molecule has 0 bridgehead atoms. The van der Waals surface area contributed by atoms with Crippen LogP contribution in [-0.4, -0.2) is 76.7 Å². The third-order valence-electron chi connectivity index (χ3n) is 15.4. The molecular weight excluding hydrogens is 1040 g/mol. The first-order valence-corrected chi connectivity index (χ1v) is 28.8. The highest BCUT2D eigenvalue weighted by Crippen LogP contribution is 2.39. The van der Waals surface area contributed by atoms with E-state index in [9.17, 15) is 17.6 Å². The summed E-state index contributed by atoms with van der Waals surface area (Å²) in [6.45, 7) is -0.625. The molecular formula is C62H76F4N16. The lowest BCUT2D eigenvalue weighted by Gasteiger charge is -2.20. The van der Waals surface area contributed by atoms with Crippen LogP contribution in [0.5, 0.6) is 0 Å². The molecule has 16 nitrogen and oxygen atoms in total. The highest BCUT2D eigenvalue weighted by atomic mass is 19.1. The van der Waals surface area contributed by atoms with Gasteiger partial charge in [0.15, 0.2) is 24.8 Å². The molecule has 10 rings (SSSR count). The predicted octanol–water partition coefficient (Wildman–Crippen LogP) is 8.40. The van der Waals surface area contributed by atoms with Crippen molar-refractivity contribution in [2.45, 2.75) is 141 Å². The number of rotatable bonds is 14. The number of nitrogens with zero attached hydrogens (tertiary/aromatic N) is 8.